The van der Waals surface area contributed by atoms with Gasteiger partial charge in [-0.05, 0) is 31.2 Å². The Kier molecular flexibility index (Phi) is 5.89. The van der Waals surface area contributed by atoms with Crippen LogP contribution in [0.15, 0.2) is 42.5 Å². The fourth-order valence-electron chi connectivity index (χ4n) is 2.04. The Labute approximate surface area is 141 Å². The molecule has 0 radical (unpaired) electrons. The molecule has 0 aliphatic carbocycles. The number of nitrogens with one attached hydrogen (secondary N) is 1. The van der Waals surface area contributed by atoms with Crippen molar-refractivity contribution in [1.29, 1.82) is 0 Å². The van der Waals surface area contributed by atoms with Crippen LogP contribution in [0.3, 0.4) is 0 Å². The number of carbonyl (C=O) groups excluding carboxylic acids is 1. The molecule has 2 aromatic carbocycles. The van der Waals surface area contributed by atoms with Crippen molar-refractivity contribution in [2.24, 2.45) is 0 Å². The molecule has 0 saturated heterocycles. The highest BCUT2D eigenvalue weighted by Crippen LogP contribution is 2.26. The van der Waals surface area contributed by atoms with Crippen LogP contribution in [-0.2, 0) is 4.79 Å². The summed E-state index contributed by atoms with van der Waals surface area (Å²) in [5.41, 5.74) is 0.571. The summed E-state index contributed by atoms with van der Waals surface area (Å²) in [5, 5.41) is 2.79. The highest BCUT2D eigenvalue weighted by Gasteiger charge is 2.16. The van der Waals surface area contributed by atoms with Crippen LogP contribution >= 0.6 is 0 Å². The summed E-state index contributed by atoms with van der Waals surface area (Å²) in [7, 11) is 4.69. The second-order valence-corrected chi connectivity index (χ2v) is 5.03. The van der Waals surface area contributed by atoms with Gasteiger partial charge in [0.05, 0.1) is 21.3 Å². The molecule has 6 heteroatoms. The molecule has 0 unspecified atom stereocenters. The van der Waals surface area contributed by atoms with Gasteiger partial charge in [0.25, 0.3) is 5.91 Å². The quantitative estimate of drug-likeness (QED) is 0.844. The zero-order valence-electron chi connectivity index (χ0n) is 14.2. The van der Waals surface area contributed by atoms with Gasteiger partial charge in [-0.2, -0.15) is 0 Å². The molecule has 1 amide bonds. The number of amides is 1. The SMILES string of the molecule is COc1ccc(O[C@H](C)C(=O)Nc2cc(OC)cc(OC)c2)cc1. The fourth-order valence-corrected chi connectivity index (χ4v) is 2.04. The van der Waals surface area contributed by atoms with Crippen molar-refractivity contribution in [2.45, 2.75) is 13.0 Å². The van der Waals surface area contributed by atoms with Crippen LogP contribution in [0, 0.1) is 0 Å². The first kappa shape index (κ1) is 17.5. The van der Waals surface area contributed by atoms with Crippen LogP contribution in [0.2, 0.25) is 0 Å². The van der Waals surface area contributed by atoms with Crippen LogP contribution in [0.25, 0.3) is 0 Å². The molecule has 1 N–H and O–H groups in total. The molecule has 0 aliphatic rings. The lowest BCUT2D eigenvalue weighted by molar-refractivity contribution is -0.122. The van der Waals surface area contributed by atoms with Crippen LogP contribution in [-0.4, -0.2) is 33.3 Å². The maximum Gasteiger partial charge on any atom is 0.265 e. The summed E-state index contributed by atoms with van der Waals surface area (Å²) in [6, 6.07) is 12.2. The number of ether oxygens (including phenoxy) is 4. The van der Waals surface area contributed by atoms with Crippen LogP contribution in [0.1, 0.15) is 6.92 Å². The van der Waals surface area contributed by atoms with E-state index in [1.807, 2.05) is 0 Å². The van der Waals surface area contributed by atoms with E-state index in [-0.39, 0.29) is 5.91 Å². The van der Waals surface area contributed by atoms with Crippen LogP contribution < -0.4 is 24.3 Å². The third-order valence-electron chi connectivity index (χ3n) is 3.36. The number of carbonyl (C=O) groups is 1. The lowest BCUT2D eigenvalue weighted by atomic mass is 10.2. The molecule has 0 fully saturated rings. The number of methoxy groups -OCH3 is 3. The number of anilines is 1. The zero-order chi connectivity index (χ0) is 17.5. The Morgan fingerprint density at radius 3 is 1.83 bits per heavy atom. The van der Waals surface area contributed by atoms with E-state index in [9.17, 15) is 4.79 Å². The molecule has 0 heterocycles. The van der Waals surface area contributed by atoms with Gasteiger partial charge in [-0.25, -0.2) is 0 Å². The third-order valence-corrected chi connectivity index (χ3v) is 3.36. The molecule has 24 heavy (non-hydrogen) atoms. The lowest BCUT2D eigenvalue weighted by Gasteiger charge is -2.16. The molecular weight excluding hydrogens is 310 g/mol. The van der Waals surface area contributed by atoms with Crippen LogP contribution in [0.4, 0.5) is 5.69 Å². The first-order valence-corrected chi connectivity index (χ1v) is 7.40. The van der Waals surface area contributed by atoms with Gasteiger partial charge in [-0.3, -0.25) is 4.79 Å². The summed E-state index contributed by atoms with van der Waals surface area (Å²) < 4.78 is 21.1. The number of rotatable bonds is 7. The van der Waals surface area contributed by atoms with Gasteiger partial charge in [0.2, 0.25) is 0 Å². The average Bonchev–Trinajstić information content (AvgIpc) is 2.61. The molecule has 0 aliphatic heterocycles. The Hall–Kier alpha value is -2.89. The van der Waals surface area contributed by atoms with Gasteiger partial charge < -0.3 is 24.3 Å². The smallest absolute Gasteiger partial charge is 0.265 e. The fraction of sp³-hybridized carbons (Fsp3) is 0.278. The average molecular weight is 331 g/mol. The maximum absolute atomic E-state index is 12.3. The van der Waals surface area contributed by atoms with Gasteiger partial charge in [0.15, 0.2) is 6.10 Å². The molecule has 0 aromatic heterocycles. The van der Waals surface area contributed by atoms with Gasteiger partial charge in [-0.15, -0.1) is 0 Å². The molecule has 0 bridgehead atoms. The summed E-state index contributed by atoms with van der Waals surface area (Å²) in [4.78, 5) is 12.3. The minimum absolute atomic E-state index is 0.277. The number of hydrogen-bond acceptors (Lipinski definition) is 5. The van der Waals surface area contributed by atoms with Crippen LogP contribution in [0.5, 0.6) is 23.0 Å². The Bertz CT molecular complexity index is 662. The molecule has 0 saturated carbocycles. The first-order chi connectivity index (χ1) is 11.5. The molecule has 6 nitrogen and oxygen atoms in total. The Morgan fingerprint density at radius 2 is 1.33 bits per heavy atom. The standard InChI is InChI=1S/C18H21NO5/c1-12(24-15-7-5-14(21-2)6-8-15)18(20)19-13-9-16(22-3)11-17(10-13)23-4/h5-12H,1-4H3,(H,19,20)/t12-/m1/s1. The minimum atomic E-state index is -0.671. The van der Waals surface area contributed by atoms with E-state index in [1.165, 1.54) is 0 Å². The highest BCUT2D eigenvalue weighted by atomic mass is 16.5. The maximum atomic E-state index is 12.3. The monoisotopic (exact) mass is 331 g/mol. The summed E-state index contributed by atoms with van der Waals surface area (Å²) >= 11 is 0. The van der Waals surface area contributed by atoms with Crippen molar-refractivity contribution in [3.8, 4) is 23.0 Å². The largest absolute Gasteiger partial charge is 0.497 e. The van der Waals surface area contributed by atoms with Crippen molar-refractivity contribution in [3.63, 3.8) is 0 Å². The van der Waals surface area contributed by atoms with Crippen molar-refractivity contribution in [3.05, 3.63) is 42.5 Å². The Balaban J connectivity index is 2.02. The molecule has 128 valence electrons. The second-order valence-electron chi connectivity index (χ2n) is 5.03. The van der Waals surface area contributed by atoms with Gasteiger partial charge in [-0.1, -0.05) is 0 Å². The first-order valence-electron chi connectivity index (χ1n) is 7.40. The predicted molar refractivity (Wildman–Crippen MR) is 91.3 cm³/mol. The number of hydrogen-bond donors (Lipinski definition) is 1. The highest BCUT2D eigenvalue weighted by molar-refractivity contribution is 5.94. The summed E-state index contributed by atoms with van der Waals surface area (Å²) in [6.45, 7) is 1.68. The normalized spacial score (nSPS) is 11.3. The Morgan fingerprint density at radius 1 is 0.833 bits per heavy atom. The molecule has 2 aromatic rings. The molecule has 1 atom stereocenters. The molecule has 2 rings (SSSR count). The third kappa shape index (κ3) is 4.55. The molecular formula is C18H21NO5. The van der Waals surface area contributed by atoms with E-state index >= 15 is 0 Å². The van der Waals surface area contributed by atoms with Gasteiger partial charge in [0, 0.05) is 23.9 Å². The van der Waals surface area contributed by atoms with Crippen molar-refractivity contribution < 1.29 is 23.7 Å². The van der Waals surface area contributed by atoms with Crippen molar-refractivity contribution in [1.82, 2.24) is 0 Å². The van der Waals surface area contributed by atoms with Crippen molar-refractivity contribution in [2.75, 3.05) is 26.6 Å². The van der Waals surface area contributed by atoms with E-state index in [0.717, 1.165) is 5.75 Å². The number of benzene rings is 2. The van der Waals surface area contributed by atoms with E-state index in [4.69, 9.17) is 18.9 Å². The van der Waals surface area contributed by atoms with E-state index in [1.54, 1.807) is 70.7 Å². The van der Waals surface area contributed by atoms with Gasteiger partial charge in [0.1, 0.15) is 23.0 Å². The lowest BCUT2D eigenvalue weighted by Crippen LogP contribution is -2.30. The summed E-state index contributed by atoms with van der Waals surface area (Å²) in [6.07, 6.45) is -0.671. The second kappa shape index (κ2) is 8.10. The van der Waals surface area contributed by atoms with E-state index in [0.29, 0.717) is 22.9 Å². The minimum Gasteiger partial charge on any atom is -0.497 e. The zero-order valence-corrected chi connectivity index (χ0v) is 14.2. The van der Waals surface area contributed by atoms with Crippen molar-refractivity contribution >= 4 is 11.6 Å². The summed E-state index contributed by atoms with van der Waals surface area (Å²) in [5.74, 6) is 2.22. The van der Waals surface area contributed by atoms with E-state index < -0.39 is 6.10 Å². The predicted octanol–water partition coefficient (Wildman–Crippen LogP) is 3.12. The topological polar surface area (TPSA) is 66.0 Å². The molecule has 0 spiro atoms. The van der Waals surface area contributed by atoms with E-state index in [2.05, 4.69) is 5.32 Å². The van der Waals surface area contributed by atoms with Gasteiger partial charge >= 0.3 is 0 Å².